The number of nitriles is 1. The van der Waals surface area contributed by atoms with E-state index in [2.05, 4.69) is 23.2 Å². The zero-order valence-electron chi connectivity index (χ0n) is 10.3. The van der Waals surface area contributed by atoms with Crippen LogP contribution in [0.2, 0.25) is 0 Å². The molecular weight excluding hydrogens is 210 g/mol. The molecule has 1 fully saturated rings. The highest BCUT2D eigenvalue weighted by Crippen LogP contribution is 2.18. The molecule has 1 aliphatic rings. The molecule has 0 amide bonds. The average Bonchev–Trinajstić information content (AvgIpc) is 2.84. The number of benzene rings is 1. The van der Waals surface area contributed by atoms with Crippen molar-refractivity contribution in [1.82, 2.24) is 4.90 Å². The van der Waals surface area contributed by atoms with Crippen LogP contribution in [-0.2, 0) is 0 Å². The lowest BCUT2D eigenvalue weighted by molar-refractivity contribution is 0.277. The Kier molecular flexibility index (Phi) is 4.00. The topological polar surface area (TPSA) is 39.1 Å². The number of likely N-dealkylation sites (tertiary alicyclic amines) is 1. The minimum atomic E-state index is 0.644. The third kappa shape index (κ3) is 2.98. The maximum atomic E-state index is 8.84. The van der Waals surface area contributed by atoms with Gasteiger partial charge in [-0.1, -0.05) is 13.0 Å². The predicted molar refractivity (Wildman–Crippen MR) is 69.9 cm³/mol. The highest BCUT2D eigenvalue weighted by atomic mass is 15.2. The maximum absolute atomic E-state index is 8.84. The first-order valence-corrected chi connectivity index (χ1v) is 6.31. The first-order valence-electron chi connectivity index (χ1n) is 6.31. The second-order valence-corrected chi connectivity index (χ2v) is 4.50. The minimum Gasteiger partial charge on any atom is -0.383 e. The molecule has 0 saturated carbocycles. The van der Waals surface area contributed by atoms with Gasteiger partial charge in [-0.3, -0.25) is 4.90 Å². The average molecular weight is 229 g/mol. The van der Waals surface area contributed by atoms with Gasteiger partial charge in [-0.15, -0.1) is 0 Å². The van der Waals surface area contributed by atoms with E-state index in [-0.39, 0.29) is 0 Å². The van der Waals surface area contributed by atoms with Crippen LogP contribution in [-0.4, -0.2) is 30.6 Å². The molecule has 17 heavy (non-hydrogen) atoms. The summed E-state index contributed by atoms with van der Waals surface area (Å²) in [7, 11) is 0. The molecule has 1 aliphatic heterocycles. The Hall–Kier alpha value is -1.53. The summed E-state index contributed by atoms with van der Waals surface area (Å²) >= 11 is 0. The van der Waals surface area contributed by atoms with Gasteiger partial charge in [0.25, 0.3) is 0 Å². The SMILES string of the molecule is CCN1CCCC1CNc1cccc(C#N)c1. The highest BCUT2D eigenvalue weighted by molar-refractivity contribution is 5.49. The predicted octanol–water partition coefficient (Wildman–Crippen LogP) is 2.45. The lowest BCUT2D eigenvalue weighted by atomic mass is 10.2. The molecule has 3 nitrogen and oxygen atoms in total. The fourth-order valence-electron chi connectivity index (χ4n) is 2.48. The molecule has 1 aromatic carbocycles. The van der Waals surface area contributed by atoms with Gasteiger partial charge in [0, 0.05) is 18.3 Å². The summed E-state index contributed by atoms with van der Waals surface area (Å²) in [6, 6.07) is 10.5. The number of likely N-dealkylation sites (N-methyl/N-ethyl adjacent to an activating group) is 1. The molecule has 0 bridgehead atoms. The molecule has 0 aromatic heterocycles. The summed E-state index contributed by atoms with van der Waals surface area (Å²) in [4.78, 5) is 2.52. The van der Waals surface area contributed by atoms with Gasteiger partial charge in [-0.2, -0.15) is 5.26 Å². The zero-order chi connectivity index (χ0) is 12.1. The first kappa shape index (κ1) is 11.9. The molecule has 90 valence electrons. The molecule has 1 atom stereocenters. The number of nitrogens with one attached hydrogen (secondary N) is 1. The Labute approximate surface area is 103 Å². The third-order valence-electron chi connectivity index (χ3n) is 3.44. The van der Waals surface area contributed by atoms with Crippen molar-refractivity contribution in [3.63, 3.8) is 0 Å². The second kappa shape index (κ2) is 5.70. The van der Waals surface area contributed by atoms with Gasteiger partial charge in [0.15, 0.2) is 0 Å². The molecule has 2 rings (SSSR count). The van der Waals surface area contributed by atoms with Crippen molar-refractivity contribution in [2.24, 2.45) is 0 Å². The van der Waals surface area contributed by atoms with Crippen LogP contribution in [0.5, 0.6) is 0 Å². The fraction of sp³-hybridized carbons (Fsp3) is 0.500. The van der Waals surface area contributed by atoms with Gasteiger partial charge >= 0.3 is 0 Å². The van der Waals surface area contributed by atoms with Crippen molar-refractivity contribution >= 4 is 5.69 Å². The molecule has 3 heteroatoms. The van der Waals surface area contributed by atoms with Crippen LogP contribution < -0.4 is 5.32 Å². The monoisotopic (exact) mass is 229 g/mol. The van der Waals surface area contributed by atoms with Crippen LogP contribution >= 0.6 is 0 Å². The zero-order valence-corrected chi connectivity index (χ0v) is 10.3. The van der Waals surface area contributed by atoms with Crippen molar-refractivity contribution in [3.05, 3.63) is 29.8 Å². The van der Waals surface area contributed by atoms with Crippen molar-refractivity contribution in [2.75, 3.05) is 25.0 Å². The van der Waals surface area contributed by atoms with E-state index < -0.39 is 0 Å². The summed E-state index contributed by atoms with van der Waals surface area (Å²) in [5.74, 6) is 0. The van der Waals surface area contributed by atoms with Crippen LogP contribution in [0.1, 0.15) is 25.3 Å². The maximum Gasteiger partial charge on any atom is 0.0992 e. The molecule has 1 N–H and O–H groups in total. The number of nitrogens with zero attached hydrogens (tertiary/aromatic N) is 2. The lowest BCUT2D eigenvalue weighted by Crippen LogP contribution is -2.34. The van der Waals surface area contributed by atoms with Crippen molar-refractivity contribution in [2.45, 2.75) is 25.8 Å². The van der Waals surface area contributed by atoms with E-state index in [0.717, 1.165) is 18.8 Å². The van der Waals surface area contributed by atoms with E-state index in [1.54, 1.807) is 0 Å². The largest absolute Gasteiger partial charge is 0.383 e. The van der Waals surface area contributed by atoms with Crippen LogP contribution in [0.15, 0.2) is 24.3 Å². The summed E-state index contributed by atoms with van der Waals surface area (Å²) in [5.41, 5.74) is 1.76. The Bertz CT molecular complexity index is 408. The Morgan fingerprint density at radius 1 is 1.53 bits per heavy atom. The Balaban J connectivity index is 1.91. The van der Waals surface area contributed by atoms with E-state index in [0.29, 0.717) is 11.6 Å². The summed E-state index contributed by atoms with van der Waals surface area (Å²) in [6.45, 7) is 5.54. The standard InChI is InChI=1S/C14H19N3/c1-2-17-8-4-7-14(17)11-16-13-6-3-5-12(9-13)10-15/h3,5-6,9,14,16H,2,4,7-8,11H2,1H3. The van der Waals surface area contributed by atoms with E-state index in [1.165, 1.54) is 19.4 Å². The van der Waals surface area contributed by atoms with Gasteiger partial charge in [-0.25, -0.2) is 0 Å². The van der Waals surface area contributed by atoms with Crippen molar-refractivity contribution in [3.8, 4) is 6.07 Å². The number of hydrogen-bond acceptors (Lipinski definition) is 3. The normalized spacial score (nSPS) is 20.1. The number of anilines is 1. The second-order valence-electron chi connectivity index (χ2n) is 4.50. The quantitative estimate of drug-likeness (QED) is 0.862. The van der Waals surface area contributed by atoms with E-state index in [4.69, 9.17) is 5.26 Å². The van der Waals surface area contributed by atoms with Crippen LogP contribution in [0.4, 0.5) is 5.69 Å². The van der Waals surface area contributed by atoms with Crippen LogP contribution in [0.3, 0.4) is 0 Å². The first-order chi connectivity index (χ1) is 8.33. The summed E-state index contributed by atoms with van der Waals surface area (Å²) in [6.07, 6.45) is 2.58. The van der Waals surface area contributed by atoms with Crippen LogP contribution in [0, 0.1) is 11.3 Å². The number of hydrogen-bond donors (Lipinski definition) is 1. The Morgan fingerprint density at radius 3 is 3.18 bits per heavy atom. The fourth-order valence-corrected chi connectivity index (χ4v) is 2.48. The smallest absolute Gasteiger partial charge is 0.0992 e. The van der Waals surface area contributed by atoms with E-state index in [9.17, 15) is 0 Å². The molecule has 0 spiro atoms. The van der Waals surface area contributed by atoms with Gasteiger partial charge in [0.2, 0.25) is 0 Å². The van der Waals surface area contributed by atoms with Crippen molar-refractivity contribution < 1.29 is 0 Å². The molecule has 0 radical (unpaired) electrons. The molecule has 1 saturated heterocycles. The molecule has 1 heterocycles. The molecule has 1 aromatic rings. The van der Waals surface area contributed by atoms with Gasteiger partial charge in [0.05, 0.1) is 11.6 Å². The van der Waals surface area contributed by atoms with E-state index in [1.807, 2.05) is 24.3 Å². The summed E-state index contributed by atoms with van der Waals surface area (Å²) < 4.78 is 0. The molecular formula is C14H19N3. The molecule has 1 unspecified atom stereocenters. The third-order valence-corrected chi connectivity index (χ3v) is 3.44. The van der Waals surface area contributed by atoms with Gasteiger partial charge < -0.3 is 5.32 Å². The molecule has 0 aliphatic carbocycles. The Morgan fingerprint density at radius 2 is 2.41 bits per heavy atom. The van der Waals surface area contributed by atoms with E-state index >= 15 is 0 Å². The van der Waals surface area contributed by atoms with Crippen molar-refractivity contribution in [1.29, 1.82) is 5.26 Å². The lowest BCUT2D eigenvalue weighted by Gasteiger charge is -2.23. The van der Waals surface area contributed by atoms with Gasteiger partial charge in [-0.05, 0) is 44.1 Å². The highest BCUT2D eigenvalue weighted by Gasteiger charge is 2.22. The van der Waals surface area contributed by atoms with Crippen LogP contribution in [0.25, 0.3) is 0 Å². The number of rotatable bonds is 4. The van der Waals surface area contributed by atoms with Gasteiger partial charge in [0.1, 0.15) is 0 Å². The summed E-state index contributed by atoms with van der Waals surface area (Å²) in [5, 5.41) is 12.3. The minimum absolute atomic E-state index is 0.644.